The van der Waals surface area contributed by atoms with Gasteiger partial charge in [-0.05, 0) is 33.5 Å². The summed E-state index contributed by atoms with van der Waals surface area (Å²) in [5.74, 6) is 0.817. The number of benzene rings is 1. The van der Waals surface area contributed by atoms with E-state index in [1.807, 2.05) is 57.1 Å². The van der Waals surface area contributed by atoms with Gasteiger partial charge in [-0.15, -0.1) is 0 Å². The number of ketones is 1. The Morgan fingerprint density at radius 1 is 1.30 bits per heavy atom. The van der Waals surface area contributed by atoms with Crippen molar-refractivity contribution < 1.29 is 9.32 Å². The number of Topliss-reactive ketones (excluding diaryl/α,β-unsaturated/α-hetero) is 1. The van der Waals surface area contributed by atoms with Gasteiger partial charge >= 0.3 is 0 Å². The fraction of sp³-hybridized carbons (Fsp3) is 0.333. The molecular formula is C18H21N3O2. The van der Waals surface area contributed by atoms with Crippen LogP contribution < -0.4 is 0 Å². The molecule has 3 aromatic rings. The molecule has 0 aliphatic heterocycles. The second kappa shape index (κ2) is 6.01. The van der Waals surface area contributed by atoms with E-state index >= 15 is 0 Å². The number of H-pyrrole nitrogens is 1. The third-order valence-electron chi connectivity index (χ3n) is 3.96. The van der Waals surface area contributed by atoms with Crippen LogP contribution in [0.4, 0.5) is 0 Å². The van der Waals surface area contributed by atoms with Crippen LogP contribution in [0, 0.1) is 6.92 Å². The van der Waals surface area contributed by atoms with E-state index in [0.29, 0.717) is 6.54 Å². The Labute approximate surface area is 135 Å². The normalized spacial score (nSPS) is 11.5. The first-order valence-corrected chi connectivity index (χ1v) is 7.77. The molecule has 0 unspecified atom stereocenters. The van der Waals surface area contributed by atoms with Crippen molar-refractivity contribution in [3.05, 3.63) is 41.3 Å². The highest BCUT2D eigenvalue weighted by Crippen LogP contribution is 2.34. The molecule has 0 saturated carbocycles. The first-order valence-electron chi connectivity index (χ1n) is 7.77. The molecule has 0 atom stereocenters. The molecule has 2 aromatic heterocycles. The molecule has 120 valence electrons. The number of carbonyl (C=O) groups excluding carboxylic acids is 1. The van der Waals surface area contributed by atoms with Gasteiger partial charge in [0.05, 0.1) is 29.1 Å². The summed E-state index contributed by atoms with van der Waals surface area (Å²) in [6, 6.07) is 7.88. The van der Waals surface area contributed by atoms with Crippen molar-refractivity contribution in [3.63, 3.8) is 0 Å². The summed E-state index contributed by atoms with van der Waals surface area (Å²) < 4.78 is 5.36. The maximum atomic E-state index is 12.8. The number of aryl methyl sites for hydroxylation is 2. The fourth-order valence-electron chi connectivity index (χ4n) is 2.97. The lowest BCUT2D eigenvalue weighted by Gasteiger charge is -2.09. The Balaban J connectivity index is 2.28. The van der Waals surface area contributed by atoms with Crippen LogP contribution in [0.1, 0.15) is 28.7 Å². The highest BCUT2D eigenvalue weighted by Gasteiger charge is 2.24. The SMILES string of the molecule is CCc1noc(C)c1-c1[nH]c2ccccc2c1C(=O)CN(C)C. The Morgan fingerprint density at radius 2 is 2.04 bits per heavy atom. The zero-order valence-electron chi connectivity index (χ0n) is 13.9. The minimum Gasteiger partial charge on any atom is -0.361 e. The van der Waals surface area contributed by atoms with Crippen LogP contribution >= 0.6 is 0 Å². The van der Waals surface area contributed by atoms with Crippen LogP contribution in [0.2, 0.25) is 0 Å². The van der Waals surface area contributed by atoms with E-state index in [9.17, 15) is 4.79 Å². The molecule has 0 saturated heterocycles. The van der Waals surface area contributed by atoms with Gasteiger partial charge in [-0.2, -0.15) is 0 Å². The third-order valence-corrected chi connectivity index (χ3v) is 3.96. The van der Waals surface area contributed by atoms with Gasteiger partial charge in [-0.25, -0.2) is 0 Å². The van der Waals surface area contributed by atoms with E-state index in [1.54, 1.807) is 0 Å². The van der Waals surface area contributed by atoms with Gasteiger partial charge in [0, 0.05) is 10.9 Å². The highest BCUT2D eigenvalue weighted by molar-refractivity contribution is 6.14. The second-order valence-electron chi connectivity index (χ2n) is 6.00. The van der Waals surface area contributed by atoms with Crippen molar-refractivity contribution in [2.24, 2.45) is 0 Å². The summed E-state index contributed by atoms with van der Waals surface area (Å²) in [5, 5.41) is 5.07. The monoisotopic (exact) mass is 311 g/mol. The predicted octanol–water partition coefficient (Wildman–Crippen LogP) is 3.44. The molecule has 0 amide bonds. The number of para-hydroxylation sites is 1. The number of likely N-dealkylation sites (N-methyl/N-ethyl adjacent to an activating group) is 1. The van der Waals surface area contributed by atoms with E-state index in [0.717, 1.165) is 45.6 Å². The van der Waals surface area contributed by atoms with Crippen LogP contribution in [0.25, 0.3) is 22.2 Å². The summed E-state index contributed by atoms with van der Waals surface area (Å²) >= 11 is 0. The second-order valence-corrected chi connectivity index (χ2v) is 6.00. The fourth-order valence-corrected chi connectivity index (χ4v) is 2.97. The van der Waals surface area contributed by atoms with Crippen molar-refractivity contribution in [1.29, 1.82) is 0 Å². The first kappa shape index (κ1) is 15.5. The average Bonchev–Trinajstić information content (AvgIpc) is 3.05. The van der Waals surface area contributed by atoms with Crippen LogP contribution in [-0.4, -0.2) is 41.5 Å². The van der Waals surface area contributed by atoms with Crippen molar-refractivity contribution in [2.75, 3.05) is 20.6 Å². The van der Waals surface area contributed by atoms with Crippen molar-refractivity contribution in [2.45, 2.75) is 20.3 Å². The molecule has 0 bridgehead atoms. The molecule has 23 heavy (non-hydrogen) atoms. The number of hydrogen-bond acceptors (Lipinski definition) is 4. The Kier molecular flexibility index (Phi) is 4.05. The number of hydrogen-bond donors (Lipinski definition) is 1. The molecule has 0 radical (unpaired) electrons. The topological polar surface area (TPSA) is 62.1 Å². The predicted molar refractivity (Wildman–Crippen MR) is 90.8 cm³/mol. The first-order chi connectivity index (χ1) is 11.0. The summed E-state index contributed by atoms with van der Waals surface area (Å²) in [4.78, 5) is 18.1. The summed E-state index contributed by atoms with van der Waals surface area (Å²) in [6.07, 6.45) is 0.753. The lowest BCUT2D eigenvalue weighted by molar-refractivity contribution is 0.0960. The molecule has 2 heterocycles. The lowest BCUT2D eigenvalue weighted by atomic mass is 9.99. The largest absolute Gasteiger partial charge is 0.361 e. The summed E-state index contributed by atoms with van der Waals surface area (Å²) in [7, 11) is 3.79. The van der Waals surface area contributed by atoms with E-state index < -0.39 is 0 Å². The molecule has 1 N–H and O–H groups in total. The van der Waals surface area contributed by atoms with E-state index in [1.165, 1.54) is 0 Å². The van der Waals surface area contributed by atoms with Gasteiger partial charge in [0.2, 0.25) is 0 Å². The number of aromatic nitrogens is 2. The van der Waals surface area contributed by atoms with Crippen LogP contribution in [-0.2, 0) is 6.42 Å². The smallest absolute Gasteiger partial charge is 0.179 e. The molecule has 0 fully saturated rings. The quantitative estimate of drug-likeness (QED) is 0.733. The molecule has 0 spiro atoms. The van der Waals surface area contributed by atoms with Crippen LogP contribution in [0.15, 0.2) is 28.8 Å². The highest BCUT2D eigenvalue weighted by atomic mass is 16.5. The number of nitrogens with zero attached hydrogens (tertiary/aromatic N) is 2. The minimum absolute atomic E-state index is 0.0881. The van der Waals surface area contributed by atoms with Gasteiger partial charge in [0.1, 0.15) is 5.76 Å². The maximum absolute atomic E-state index is 12.8. The third kappa shape index (κ3) is 2.68. The number of carbonyl (C=O) groups is 1. The van der Waals surface area contributed by atoms with E-state index in [2.05, 4.69) is 10.1 Å². The average molecular weight is 311 g/mol. The number of aromatic amines is 1. The molecule has 0 aliphatic carbocycles. The summed E-state index contributed by atoms with van der Waals surface area (Å²) in [6.45, 7) is 4.28. The van der Waals surface area contributed by atoms with Crippen LogP contribution in [0.5, 0.6) is 0 Å². The molecule has 1 aromatic carbocycles. The van der Waals surface area contributed by atoms with Crippen molar-refractivity contribution >= 4 is 16.7 Å². The van der Waals surface area contributed by atoms with Gasteiger partial charge in [-0.1, -0.05) is 30.3 Å². The van der Waals surface area contributed by atoms with Crippen molar-refractivity contribution in [3.8, 4) is 11.3 Å². The summed E-state index contributed by atoms with van der Waals surface area (Å²) in [5.41, 5.74) is 4.26. The van der Waals surface area contributed by atoms with Crippen LogP contribution in [0.3, 0.4) is 0 Å². The molecule has 3 rings (SSSR count). The number of nitrogens with one attached hydrogen (secondary N) is 1. The zero-order chi connectivity index (χ0) is 16.6. The van der Waals surface area contributed by atoms with Gasteiger partial charge in [0.25, 0.3) is 0 Å². The molecule has 5 nitrogen and oxygen atoms in total. The Hall–Kier alpha value is -2.40. The number of rotatable bonds is 5. The lowest BCUT2D eigenvalue weighted by Crippen LogP contribution is -2.22. The van der Waals surface area contributed by atoms with E-state index in [4.69, 9.17) is 4.52 Å². The van der Waals surface area contributed by atoms with Crippen molar-refractivity contribution in [1.82, 2.24) is 15.0 Å². The zero-order valence-corrected chi connectivity index (χ0v) is 13.9. The number of fused-ring (bicyclic) bond motifs is 1. The maximum Gasteiger partial charge on any atom is 0.179 e. The molecular weight excluding hydrogens is 290 g/mol. The Bertz CT molecular complexity index is 858. The molecule has 5 heteroatoms. The Morgan fingerprint density at radius 3 is 2.74 bits per heavy atom. The minimum atomic E-state index is 0.0881. The standard InChI is InChI=1S/C18H21N3O2/c1-5-13-16(11(2)23-20-13)18-17(15(22)10-21(3)4)12-8-6-7-9-14(12)19-18/h6-9,19H,5,10H2,1-4H3. The molecule has 0 aliphatic rings. The van der Waals surface area contributed by atoms with Gasteiger partial charge in [-0.3, -0.25) is 4.79 Å². The van der Waals surface area contributed by atoms with Gasteiger partial charge in [0.15, 0.2) is 5.78 Å². The van der Waals surface area contributed by atoms with Gasteiger partial charge < -0.3 is 14.4 Å². The van der Waals surface area contributed by atoms with E-state index in [-0.39, 0.29) is 5.78 Å².